The first kappa shape index (κ1) is 32.1. The minimum Gasteiger partial charge on any atom is -0.343 e. The van der Waals surface area contributed by atoms with E-state index >= 15 is 0 Å². The molecule has 4 amide bonds. The number of urea groups is 1. The van der Waals surface area contributed by atoms with Crippen molar-refractivity contribution in [1.29, 1.82) is 0 Å². The number of nitrogens with one attached hydrogen (secondary N) is 1. The molecule has 4 heterocycles. The Kier molecular flexibility index (Phi) is 9.82. The van der Waals surface area contributed by atoms with Crippen LogP contribution < -0.4 is 5.32 Å². The van der Waals surface area contributed by atoms with Gasteiger partial charge < -0.3 is 24.9 Å². The molecular formula is C38H52N6O3. The van der Waals surface area contributed by atoms with Gasteiger partial charge in [0, 0.05) is 83.1 Å². The Morgan fingerprint density at radius 3 is 2.23 bits per heavy atom. The number of carbonyl (C=O) groups excluding carboxylic acids is 3. The zero-order chi connectivity index (χ0) is 32.3. The van der Waals surface area contributed by atoms with Gasteiger partial charge >= 0.3 is 6.03 Å². The number of para-hydroxylation sites is 1. The van der Waals surface area contributed by atoms with Crippen molar-refractivity contribution in [1.82, 2.24) is 24.5 Å². The summed E-state index contributed by atoms with van der Waals surface area (Å²) in [4.78, 5) is 51.9. The van der Waals surface area contributed by atoms with Crippen LogP contribution in [0.5, 0.6) is 0 Å². The molecule has 9 heteroatoms. The Labute approximate surface area is 280 Å². The fraction of sp³-hybridized carbons (Fsp3) is 0.605. The van der Waals surface area contributed by atoms with Gasteiger partial charge in [-0.3, -0.25) is 14.5 Å². The summed E-state index contributed by atoms with van der Waals surface area (Å²) >= 11 is 0. The van der Waals surface area contributed by atoms with E-state index in [1.807, 2.05) is 28.0 Å². The first-order chi connectivity index (χ1) is 22.9. The number of aryl methyl sites for hydroxylation is 2. The molecule has 252 valence electrons. The van der Waals surface area contributed by atoms with E-state index in [1.165, 1.54) is 29.5 Å². The van der Waals surface area contributed by atoms with Crippen LogP contribution in [0.3, 0.4) is 0 Å². The van der Waals surface area contributed by atoms with E-state index in [9.17, 15) is 14.4 Å². The molecule has 47 heavy (non-hydrogen) atoms. The third-order valence-electron chi connectivity index (χ3n) is 11.6. The highest BCUT2D eigenvalue weighted by Crippen LogP contribution is 2.30. The topological polar surface area (TPSA) is 79.4 Å². The molecule has 1 atom stereocenters. The predicted molar refractivity (Wildman–Crippen MR) is 184 cm³/mol. The van der Waals surface area contributed by atoms with Gasteiger partial charge in [-0.1, -0.05) is 36.4 Å². The lowest BCUT2D eigenvalue weighted by Crippen LogP contribution is -2.54. The molecular weight excluding hydrogens is 588 g/mol. The second-order valence-corrected chi connectivity index (χ2v) is 14.6. The minimum absolute atomic E-state index is 0.0550. The van der Waals surface area contributed by atoms with Crippen LogP contribution in [-0.4, -0.2) is 114 Å². The van der Waals surface area contributed by atoms with Crippen LogP contribution in [-0.2, 0) is 35.4 Å². The molecule has 9 nitrogen and oxygen atoms in total. The molecule has 1 unspecified atom stereocenters. The lowest BCUT2D eigenvalue weighted by Gasteiger charge is -2.43. The summed E-state index contributed by atoms with van der Waals surface area (Å²) in [5.74, 6) is -0.140. The molecule has 1 aliphatic carbocycles. The number of piperazine rings is 1. The Hall–Kier alpha value is -3.43. The summed E-state index contributed by atoms with van der Waals surface area (Å²) in [5.41, 5.74) is 6.06. The van der Waals surface area contributed by atoms with E-state index in [4.69, 9.17) is 0 Å². The first-order valence-electron chi connectivity index (χ1n) is 18.2. The van der Waals surface area contributed by atoms with Gasteiger partial charge in [0.05, 0.1) is 5.92 Å². The third kappa shape index (κ3) is 7.36. The molecule has 3 saturated heterocycles. The van der Waals surface area contributed by atoms with Gasteiger partial charge in [-0.2, -0.15) is 0 Å². The summed E-state index contributed by atoms with van der Waals surface area (Å²) in [5, 5.41) is 3.04. The Morgan fingerprint density at radius 1 is 0.787 bits per heavy atom. The van der Waals surface area contributed by atoms with E-state index in [0.717, 1.165) is 89.0 Å². The first-order valence-corrected chi connectivity index (χ1v) is 18.2. The van der Waals surface area contributed by atoms with Gasteiger partial charge in [0.15, 0.2) is 0 Å². The zero-order valence-electron chi connectivity index (χ0n) is 28.2. The maximum Gasteiger partial charge on any atom is 0.322 e. The SMILES string of the molecule is CN1CCN(C2CCN(C(=O)C(CC(=O)N3CCC(N4Cc5ccccc5NC4=O)CC3)Cc3ccc4c(c3)CCCC4)CC2)CC1. The molecule has 2 aromatic rings. The highest BCUT2D eigenvalue weighted by atomic mass is 16.2. The molecule has 5 aliphatic rings. The van der Waals surface area contributed by atoms with Crippen molar-refractivity contribution in [2.75, 3.05) is 64.7 Å². The van der Waals surface area contributed by atoms with Crippen molar-refractivity contribution in [3.05, 3.63) is 64.7 Å². The lowest BCUT2D eigenvalue weighted by molar-refractivity contribution is -0.143. The molecule has 0 aromatic heterocycles. The zero-order valence-corrected chi connectivity index (χ0v) is 28.2. The Morgan fingerprint density at radius 2 is 1.47 bits per heavy atom. The summed E-state index contributed by atoms with van der Waals surface area (Å²) in [7, 11) is 2.19. The van der Waals surface area contributed by atoms with E-state index in [1.54, 1.807) is 0 Å². The van der Waals surface area contributed by atoms with Crippen LogP contribution in [0.2, 0.25) is 0 Å². The highest BCUT2D eigenvalue weighted by molar-refractivity contribution is 5.92. The number of likely N-dealkylation sites (tertiary alicyclic amines) is 2. The van der Waals surface area contributed by atoms with Crippen LogP contribution in [0.15, 0.2) is 42.5 Å². The maximum absolute atomic E-state index is 14.2. The van der Waals surface area contributed by atoms with Crippen LogP contribution in [0.1, 0.15) is 67.2 Å². The van der Waals surface area contributed by atoms with E-state index in [0.29, 0.717) is 32.1 Å². The number of hydrogen-bond donors (Lipinski definition) is 1. The molecule has 3 fully saturated rings. The van der Waals surface area contributed by atoms with Crippen molar-refractivity contribution in [2.24, 2.45) is 5.92 Å². The number of nitrogens with zero attached hydrogens (tertiary/aromatic N) is 5. The number of rotatable bonds is 7. The van der Waals surface area contributed by atoms with Crippen molar-refractivity contribution >= 4 is 23.5 Å². The maximum atomic E-state index is 14.2. The van der Waals surface area contributed by atoms with E-state index in [-0.39, 0.29) is 36.2 Å². The van der Waals surface area contributed by atoms with Crippen LogP contribution in [0.4, 0.5) is 10.5 Å². The fourth-order valence-electron chi connectivity index (χ4n) is 8.63. The average molecular weight is 641 g/mol. The molecule has 4 aliphatic heterocycles. The Bertz CT molecular complexity index is 1440. The van der Waals surface area contributed by atoms with Crippen LogP contribution in [0.25, 0.3) is 0 Å². The molecule has 0 spiro atoms. The van der Waals surface area contributed by atoms with Crippen molar-refractivity contribution < 1.29 is 14.4 Å². The van der Waals surface area contributed by atoms with Gasteiger partial charge in [-0.05, 0) is 93.2 Å². The summed E-state index contributed by atoms with van der Waals surface area (Å²) in [6.07, 6.45) is 9.11. The lowest BCUT2D eigenvalue weighted by atomic mass is 9.87. The smallest absolute Gasteiger partial charge is 0.322 e. The van der Waals surface area contributed by atoms with Crippen molar-refractivity contribution in [3.63, 3.8) is 0 Å². The van der Waals surface area contributed by atoms with Gasteiger partial charge in [0.2, 0.25) is 11.8 Å². The number of benzene rings is 2. The summed E-state index contributed by atoms with van der Waals surface area (Å²) < 4.78 is 0. The number of hydrogen-bond acceptors (Lipinski definition) is 5. The van der Waals surface area contributed by atoms with E-state index in [2.05, 4.69) is 51.3 Å². The molecule has 0 bridgehead atoms. The number of piperidine rings is 2. The number of fused-ring (bicyclic) bond motifs is 2. The second kappa shape index (κ2) is 14.4. The number of likely N-dealkylation sites (N-methyl/N-ethyl adjacent to an activating group) is 1. The highest BCUT2D eigenvalue weighted by Gasteiger charge is 2.36. The monoisotopic (exact) mass is 640 g/mol. The number of amides is 4. The number of anilines is 1. The quantitative estimate of drug-likeness (QED) is 0.486. The average Bonchev–Trinajstić information content (AvgIpc) is 3.11. The second-order valence-electron chi connectivity index (χ2n) is 14.6. The van der Waals surface area contributed by atoms with Crippen molar-refractivity contribution in [2.45, 2.75) is 82.8 Å². The largest absolute Gasteiger partial charge is 0.343 e. The molecule has 0 radical (unpaired) electrons. The fourth-order valence-corrected chi connectivity index (χ4v) is 8.63. The third-order valence-corrected chi connectivity index (χ3v) is 11.6. The Balaban J connectivity index is 0.989. The van der Waals surface area contributed by atoms with Gasteiger partial charge in [0.25, 0.3) is 0 Å². The predicted octanol–water partition coefficient (Wildman–Crippen LogP) is 4.39. The standard InChI is InChI=1S/C38H52N6O3/c1-40-20-22-41(23-21-40)33-12-18-43(19-13-33)37(46)32(25-28-10-11-29-6-2-3-7-30(29)24-28)26-36(45)42-16-14-34(15-17-42)44-27-31-8-4-5-9-35(31)39-38(44)47/h4-5,8-11,24,32-34H,2-3,6-7,12-23,25-27H2,1H3,(H,39,47). The molecule has 1 N–H and O–H groups in total. The molecule has 2 aromatic carbocycles. The summed E-state index contributed by atoms with van der Waals surface area (Å²) in [6.45, 7) is 7.82. The molecule has 0 saturated carbocycles. The van der Waals surface area contributed by atoms with Gasteiger partial charge in [0.1, 0.15) is 0 Å². The minimum atomic E-state index is -0.355. The van der Waals surface area contributed by atoms with Crippen LogP contribution in [0, 0.1) is 5.92 Å². The van der Waals surface area contributed by atoms with Crippen LogP contribution >= 0.6 is 0 Å². The van der Waals surface area contributed by atoms with Crippen molar-refractivity contribution in [3.8, 4) is 0 Å². The summed E-state index contributed by atoms with van der Waals surface area (Å²) in [6, 6.07) is 15.3. The van der Waals surface area contributed by atoms with Gasteiger partial charge in [-0.15, -0.1) is 0 Å². The van der Waals surface area contributed by atoms with Gasteiger partial charge in [-0.25, -0.2) is 4.79 Å². The van der Waals surface area contributed by atoms with E-state index < -0.39 is 0 Å². The molecule has 7 rings (SSSR count). The normalized spacial score (nSPS) is 22.4. The number of carbonyl (C=O) groups is 3.